The summed E-state index contributed by atoms with van der Waals surface area (Å²) < 4.78 is 23.5. The molecule has 38 heavy (non-hydrogen) atoms. The molecule has 0 saturated carbocycles. The van der Waals surface area contributed by atoms with Crippen LogP contribution in [-0.2, 0) is 11.3 Å². The second-order valence-electron chi connectivity index (χ2n) is 8.46. The molecule has 0 saturated heterocycles. The summed E-state index contributed by atoms with van der Waals surface area (Å²) in [6, 6.07) is 14.5. The van der Waals surface area contributed by atoms with E-state index in [2.05, 4.69) is 5.32 Å². The number of fused-ring (bicyclic) bond motifs is 2. The molecule has 4 aromatic rings. The summed E-state index contributed by atoms with van der Waals surface area (Å²) in [5.41, 5.74) is 0.542. The Labute approximate surface area is 222 Å². The maximum absolute atomic E-state index is 13.5. The minimum atomic E-state index is -0.493. The van der Waals surface area contributed by atoms with Crippen molar-refractivity contribution in [3.63, 3.8) is 0 Å². The van der Waals surface area contributed by atoms with Gasteiger partial charge in [0.15, 0.2) is 17.3 Å². The standard InChI is InChI=1S/C28H23ClN2O7/c1-35-18-7-8-23(36-2)21(11-18)30-26(32)15-31-14-20(27(33)16-3-5-17(29)6-4-16)28(34)19-12-24-25(13-22(19)31)38-10-9-37-24/h3-8,11-14H,9-10,15H2,1-2H3,(H,30,32). The van der Waals surface area contributed by atoms with E-state index in [1.165, 1.54) is 20.4 Å². The highest BCUT2D eigenvalue weighted by Crippen LogP contribution is 2.34. The van der Waals surface area contributed by atoms with Gasteiger partial charge in [0.05, 0.1) is 36.4 Å². The zero-order chi connectivity index (χ0) is 26.8. The molecule has 1 aliphatic rings. The Hall–Kier alpha value is -4.50. The summed E-state index contributed by atoms with van der Waals surface area (Å²) >= 11 is 5.96. The lowest BCUT2D eigenvalue weighted by atomic mass is 10.0. The van der Waals surface area contributed by atoms with Gasteiger partial charge in [-0.05, 0) is 42.5 Å². The summed E-state index contributed by atoms with van der Waals surface area (Å²) in [5, 5.41) is 3.50. The first kappa shape index (κ1) is 25.2. The Morgan fingerprint density at radius 3 is 2.37 bits per heavy atom. The number of nitrogens with one attached hydrogen (secondary N) is 1. The maximum Gasteiger partial charge on any atom is 0.244 e. The molecule has 3 aromatic carbocycles. The number of nitrogens with zero attached hydrogens (tertiary/aromatic N) is 1. The molecule has 0 bridgehead atoms. The third-order valence-electron chi connectivity index (χ3n) is 6.09. The number of halogens is 1. The third-order valence-corrected chi connectivity index (χ3v) is 6.34. The van der Waals surface area contributed by atoms with E-state index in [-0.39, 0.29) is 17.5 Å². The number of carbonyl (C=O) groups excluding carboxylic acids is 2. The van der Waals surface area contributed by atoms with Crippen LogP contribution in [0.2, 0.25) is 5.02 Å². The number of anilines is 1. The van der Waals surface area contributed by atoms with Crippen LogP contribution in [0.15, 0.2) is 65.6 Å². The Kier molecular flexibility index (Phi) is 6.93. The number of benzene rings is 3. The SMILES string of the molecule is COc1ccc(OC)c(NC(=O)Cn2cc(C(=O)c3ccc(Cl)cc3)c(=O)c3cc4c(cc32)OCCO4)c1. The first-order valence-corrected chi connectivity index (χ1v) is 12.0. The zero-order valence-electron chi connectivity index (χ0n) is 20.6. The van der Waals surface area contributed by atoms with E-state index in [1.807, 2.05) is 0 Å². The van der Waals surface area contributed by atoms with E-state index in [0.29, 0.717) is 58.0 Å². The number of pyridine rings is 1. The molecular weight excluding hydrogens is 512 g/mol. The molecule has 2 heterocycles. The Balaban J connectivity index is 1.59. The maximum atomic E-state index is 13.5. The quantitative estimate of drug-likeness (QED) is 0.352. The van der Waals surface area contributed by atoms with E-state index in [9.17, 15) is 14.4 Å². The van der Waals surface area contributed by atoms with E-state index in [0.717, 1.165) is 0 Å². The molecule has 0 unspecified atom stereocenters. The van der Waals surface area contributed by atoms with Crippen molar-refractivity contribution in [2.45, 2.75) is 6.54 Å². The van der Waals surface area contributed by atoms with Crippen molar-refractivity contribution in [3.8, 4) is 23.0 Å². The Morgan fingerprint density at radius 1 is 0.974 bits per heavy atom. The summed E-state index contributed by atoms with van der Waals surface area (Å²) in [4.78, 5) is 40.0. The van der Waals surface area contributed by atoms with Crippen molar-refractivity contribution < 1.29 is 28.5 Å². The van der Waals surface area contributed by atoms with Crippen LogP contribution in [0.4, 0.5) is 5.69 Å². The van der Waals surface area contributed by atoms with Gasteiger partial charge in [0.2, 0.25) is 11.3 Å². The number of hydrogen-bond acceptors (Lipinski definition) is 7. The van der Waals surface area contributed by atoms with E-state index >= 15 is 0 Å². The topological polar surface area (TPSA) is 105 Å². The summed E-state index contributed by atoms with van der Waals surface area (Å²) in [6.07, 6.45) is 1.39. The molecule has 10 heteroatoms. The van der Waals surface area contributed by atoms with Gasteiger partial charge in [0.1, 0.15) is 31.3 Å². The lowest BCUT2D eigenvalue weighted by molar-refractivity contribution is -0.116. The second kappa shape index (κ2) is 10.5. The minimum absolute atomic E-state index is 0.0942. The monoisotopic (exact) mass is 534 g/mol. The van der Waals surface area contributed by atoms with Crippen LogP contribution in [-0.4, -0.2) is 43.7 Å². The molecule has 1 aliphatic heterocycles. The van der Waals surface area contributed by atoms with Gasteiger partial charge in [-0.25, -0.2) is 0 Å². The molecule has 0 spiro atoms. The summed E-state index contributed by atoms with van der Waals surface area (Å²) in [7, 11) is 3.01. The normalized spacial score (nSPS) is 12.2. The number of hydrogen-bond donors (Lipinski definition) is 1. The number of methoxy groups -OCH3 is 2. The van der Waals surface area contributed by atoms with Gasteiger partial charge in [-0.3, -0.25) is 14.4 Å². The predicted octanol–water partition coefficient (Wildman–Crippen LogP) is 4.31. The smallest absolute Gasteiger partial charge is 0.244 e. The van der Waals surface area contributed by atoms with E-state index in [1.54, 1.807) is 59.2 Å². The molecular formula is C28H23ClN2O7. The first-order valence-electron chi connectivity index (χ1n) is 11.7. The Morgan fingerprint density at radius 2 is 1.68 bits per heavy atom. The molecule has 0 atom stereocenters. The number of rotatable bonds is 7. The highest BCUT2D eigenvalue weighted by atomic mass is 35.5. The molecule has 5 rings (SSSR count). The van der Waals surface area contributed by atoms with Gasteiger partial charge in [-0.1, -0.05) is 11.6 Å². The summed E-state index contributed by atoms with van der Waals surface area (Å²) in [5.74, 6) is 0.919. The average Bonchev–Trinajstić information content (AvgIpc) is 2.93. The van der Waals surface area contributed by atoms with Crippen molar-refractivity contribution in [3.05, 3.63) is 87.2 Å². The predicted molar refractivity (Wildman–Crippen MR) is 142 cm³/mol. The van der Waals surface area contributed by atoms with Crippen LogP contribution in [0.3, 0.4) is 0 Å². The second-order valence-corrected chi connectivity index (χ2v) is 8.90. The Bertz CT molecular complexity index is 1610. The molecule has 1 aromatic heterocycles. The van der Waals surface area contributed by atoms with Gasteiger partial charge in [0.25, 0.3) is 0 Å². The van der Waals surface area contributed by atoms with Gasteiger partial charge in [0, 0.05) is 28.9 Å². The van der Waals surface area contributed by atoms with Gasteiger partial charge in [-0.2, -0.15) is 0 Å². The number of amides is 1. The van der Waals surface area contributed by atoms with Crippen molar-refractivity contribution >= 4 is 39.9 Å². The fourth-order valence-electron chi connectivity index (χ4n) is 4.23. The van der Waals surface area contributed by atoms with Gasteiger partial charge < -0.3 is 28.8 Å². The molecule has 0 fully saturated rings. The van der Waals surface area contributed by atoms with Crippen LogP contribution in [0.1, 0.15) is 15.9 Å². The van der Waals surface area contributed by atoms with E-state index < -0.39 is 17.1 Å². The molecule has 194 valence electrons. The number of carbonyl (C=O) groups is 2. The minimum Gasteiger partial charge on any atom is -0.497 e. The van der Waals surface area contributed by atoms with Crippen molar-refractivity contribution in [2.75, 3.05) is 32.8 Å². The van der Waals surface area contributed by atoms with Crippen molar-refractivity contribution in [2.24, 2.45) is 0 Å². The van der Waals surface area contributed by atoms with E-state index in [4.69, 9.17) is 30.5 Å². The molecule has 0 aliphatic carbocycles. The number of ether oxygens (including phenoxy) is 4. The number of ketones is 1. The van der Waals surface area contributed by atoms with Gasteiger partial charge in [-0.15, -0.1) is 0 Å². The molecule has 1 N–H and O–H groups in total. The fourth-order valence-corrected chi connectivity index (χ4v) is 4.36. The summed E-state index contributed by atoms with van der Waals surface area (Å²) in [6.45, 7) is 0.477. The molecule has 0 radical (unpaired) electrons. The van der Waals surface area contributed by atoms with Crippen LogP contribution in [0, 0.1) is 0 Å². The zero-order valence-corrected chi connectivity index (χ0v) is 21.3. The first-order chi connectivity index (χ1) is 18.4. The highest BCUT2D eigenvalue weighted by Gasteiger charge is 2.22. The van der Waals surface area contributed by atoms with Crippen molar-refractivity contribution in [1.29, 1.82) is 0 Å². The molecule has 9 nitrogen and oxygen atoms in total. The fraction of sp³-hybridized carbons (Fsp3) is 0.179. The average molecular weight is 535 g/mol. The van der Waals surface area contributed by atoms with Crippen molar-refractivity contribution in [1.82, 2.24) is 4.57 Å². The van der Waals surface area contributed by atoms with Gasteiger partial charge >= 0.3 is 0 Å². The van der Waals surface area contributed by atoms with Crippen LogP contribution < -0.4 is 29.7 Å². The third kappa shape index (κ3) is 4.88. The lowest BCUT2D eigenvalue weighted by Gasteiger charge is -2.21. The van der Waals surface area contributed by atoms with Crippen LogP contribution in [0.5, 0.6) is 23.0 Å². The molecule has 1 amide bonds. The van der Waals surface area contributed by atoms with Crippen LogP contribution in [0.25, 0.3) is 10.9 Å². The number of aromatic nitrogens is 1. The van der Waals surface area contributed by atoms with Crippen LogP contribution >= 0.6 is 11.6 Å². The largest absolute Gasteiger partial charge is 0.497 e. The lowest BCUT2D eigenvalue weighted by Crippen LogP contribution is -2.25. The highest BCUT2D eigenvalue weighted by molar-refractivity contribution is 6.30.